The van der Waals surface area contributed by atoms with Crippen LogP contribution in [0, 0.1) is 17.8 Å². The summed E-state index contributed by atoms with van der Waals surface area (Å²) in [7, 11) is 0. The first-order valence-electron chi connectivity index (χ1n) is 7.93. The van der Waals surface area contributed by atoms with E-state index in [4.69, 9.17) is 0 Å². The number of likely N-dealkylation sites (N-methyl/N-ethyl adjacent to an activating group) is 1. The molecule has 2 fully saturated rings. The van der Waals surface area contributed by atoms with Crippen LogP contribution in [-0.4, -0.2) is 36.6 Å². The number of nitrogens with zero attached hydrogens (tertiary/aromatic N) is 1. The monoisotopic (exact) mass is 248 g/mol. The Bertz CT molecular complexity index is 308. The van der Waals surface area contributed by atoms with E-state index in [9.17, 15) is 0 Å². The highest BCUT2D eigenvalue weighted by atomic mass is 15.2. The Hall–Kier alpha value is -0.340. The molecule has 4 unspecified atom stereocenters. The van der Waals surface area contributed by atoms with Crippen molar-refractivity contribution in [1.29, 1.82) is 0 Å². The van der Waals surface area contributed by atoms with Crippen molar-refractivity contribution >= 4 is 0 Å². The van der Waals surface area contributed by atoms with Gasteiger partial charge in [-0.05, 0) is 56.9 Å². The lowest BCUT2D eigenvalue weighted by molar-refractivity contribution is 0.257. The molecule has 0 amide bonds. The van der Waals surface area contributed by atoms with Crippen molar-refractivity contribution in [3.05, 3.63) is 12.2 Å². The Kier molecular flexibility index (Phi) is 3.76. The van der Waals surface area contributed by atoms with Crippen molar-refractivity contribution in [3.63, 3.8) is 0 Å². The molecule has 3 aliphatic carbocycles. The highest BCUT2D eigenvalue weighted by Crippen LogP contribution is 2.44. The number of hydrogen-bond donors (Lipinski definition) is 1. The smallest absolute Gasteiger partial charge is 0.0110 e. The predicted molar refractivity (Wildman–Crippen MR) is 76.6 cm³/mol. The third-order valence-corrected chi connectivity index (χ3v) is 5.31. The third-order valence-electron chi connectivity index (χ3n) is 5.31. The van der Waals surface area contributed by atoms with E-state index < -0.39 is 0 Å². The lowest BCUT2D eigenvalue weighted by Crippen LogP contribution is -2.41. The lowest BCUT2D eigenvalue weighted by atomic mass is 9.87. The summed E-state index contributed by atoms with van der Waals surface area (Å²) in [5, 5.41) is 3.78. The molecule has 0 aromatic rings. The zero-order valence-electron chi connectivity index (χ0n) is 11.9. The molecule has 0 heterocycles. The van der Waals surface area contributed by atoms with E-state index in [-0.39, 0.29) is 0 Å². The second kappa shape index (κ2) is 5.34. The quantitative estimate of drug-likeness (QED) is 0.697. The van der Waals surface area contributed by atoms with Gasteiger partial charge in [-0.2, -0.15) is 0 Å². The number of fused-ring (bicyclic) bond motifs is 2. The standard InChI is InChI=1S/C16H28N2/c1-3-18(15-6-7-15)9-8-17-12(2)16-11-13-4-5-14(16)10-13/h4-5,12-17H,3,6-11H2,1-2H3. The minimum Gasteiger partial charge on any atom is -0.313 e. The topological polar surface area (TPSA) is 15.3 Å². The van der Waals surface area contributed by atoms with Crippen molar-refractivity contribution in [3.8, 4) is 0 Å². The van der Waals surface area contributed by atoms with Crippen molar-refractivity contribution in [2.75, 3.05) is 19.6 Å². The first kappa shape index (κ1) is 12.7. The van der Waals surface area contributed by atoms with Gasteiger partial charge >= 0.3 is 0 Å². The molecule has 2 heteroatoms. The van der Waals surface area contributed by atoms with Gasteiger partial charge in [0.1, 0.15) is 0 Å². The molecule has 2 nitrogen and oxygen atoms in total. The van der Waals surface area contributed by atoms with Gasteiger partial charge in [0.15, 0.2) is 0 Å². The molecular formula is C16H28N2. The van der Waals surface area contributed by atoms with Gasteiger partial charge in [-0.1, -0.05) is 19.1 Å². The van der Waals surface area contributed by atoms with Crippen LogP contribution in [0.3, 0.4) is 0 Å². The summed E-state index contributed by atoms with van der Waals surface area (Å²) >= 11 is 0. The molecule has 2 saturated carbocycles. The lowest BCUT2D eigenvalue weighted by Gasteiger charge is -2.28. The van der Waals surface area contributed by atoms with Gasteiger partial charge in [0.25, 0.3) is 0 Å². The second-order valence-corrected chi connectivity index (χ2v) is 6.55. The molecule has 0 spiro atoms. The fraction of sp³-hybridized carbons (Fsp3) is 0.875. The van der Waals surface area contributed by atoms with Gasteiger partial charge in [0, 0.05) is 25.2 Å². The number of nitrogens with one attached hydrogen (secondary N) is 1. The maximum Gasteiger partial charge on any atom is 0.0110 e. The normalized spacial score (nSPS) is 35.6. The van der Waals surface area contributed by atoms with E-state index in [1.54, 1.807) is 0 Å². The van der Waals surface area contributed by atoms with Crippen LogP contribution in [0.15, 0.2) is 12.2 Å². The molecule has 4 atom stereocenters. The highest BCUT2D eigenvalue weighted by molar-refractivity contribution is 5.11. The molecular weight excluding hydrogens is 220 g/mol. The van der Waals surface area contributed by atoms with E-state index >= 15 is 0 Å². The summed E-state index contributed by atoms with van der Waals surface area (Å²) in [5.74, 6) is 2.68. The Morgan fingerprint density at radius 3 is 2.67 bits per heavy atom. The SMILES string of the molecule is CCN(CCNC(C)C1CC2C=CC1C2)C1CC1. The molecule has 0 radical (unpaired) electrons. The van der Waals surface area contributed by atoms with Crippen molar-refractivity contribution < 1.29 is 0 Å². The van der Waals surface area contributed by atoms with Gasteiger partial charge < -0.3 is 5.32 Å². The van der Waals surface area contributed by atoms with Crippen LogP contribution in [0.2, 0.25) is 0 Å². The van der Waals surface area contributed by atoms with Crippen LogP contribution in [0.5, 0.6) is 0 Å². The fourth-order valence-electron chi connectivity index (χ4n) is 4.02. The average Bonchev–Trinajstić information content (AvgIpc) is 3.00. The van der Waals surface area contributed by atoms with Crippen molar-refractivity contribution in [2.24, 2.45) is 17.8 Å². The largest absolute Gasteiger partial charge is 0.313 e. The van der Waals surface area contributed by atoms with Crippen LogP contribution in [-0.2, 0) is 0 Å². The molecule has 3 aliphatic rings. The van der Waals surface area contributed by atoms with Gasteiger partial charge in [0.2, 0.25) is 0 Å². The van der Waals surface area contributed by atoms with Gasteiger partial charge in [-0.25, -0.2) is 0 Å². The molecule has 0 aromatic heterocycles. The zero-order chi connectivity index (χ0) is 12.5. The fourth-order valence-corrected chi connectivity index (χ4v) is 4.02. The summed E-state index contributed by atoms with van der Waals surface area (Å²) in [6.07, 6.45) is 10.6. The van der Waals surface area contributed by atoms with Crippen LogP contribution in [0.4, 0.5) is 0 Å². The Morgan fingerprint density at radius 1 is 1.28 bits per heavy atom. The summed E-state index contributed by atoms with van der Waals surface area (Å²) in [5.41, 5.74) is 0. The number of allylic oxidation sites excluding steroid dienone is 2. The maximum atomic E-state index is 3.78. The van der Waals surface area contributed by atoms with E-state index in [0.717, 1.165) is 23.8 Å². The highest BCUT2D eigenvalue weighted by Gasteiger charge is 2.38. The van der Waals surface area contributed by atoms with Crippen molar-refractivity contribution in [2.45, 2.75) is 51.6 Å². The summed E-state index contributed by atoms with van der Waals surface area (Å²) < 4.78 is 0. The number of rotatable bonds is 7. The molecule has 1 N–H and O–H groups in total. The minimum atomic E-state index is 0.697. The number of hydrogen-bond acceptors (Lipinski definition) is 2. The summed E-state index contributed by atoms with van der Waals surface area (Å²) in [6.45, 7) is 8.32. The molecule has 102 valence electrons. The Morgan fingerprint density at radius 2 is 2.11 bits per heavy atom. The summed E-state index contributed by atoms with van der Waals surface area (Å²) in [6, 6.07) is 1.61. The maximum absolute atomic E-state index is 3.78. The summed E-state index contributed by atoms with van der Waals surface area (Å²) in [4.78, 5) is 2.64. The first-order valence-corrected chi connectivity index (χ1v) is 7.93. The zero-order valence-corrected chi connectivity index (χ0v) is 11.9. The van der Waals surface area contributed by atoms with Crippen LogP contribution < -0.4 is 5.32 Å². The first-order chi connectivity index (χ1) is 8.78. The Balaban J connectivity index is 1.39. The van der Waals surface area contributed by atoms with E-state index in [1.807, 2.05) is 0 Å². The van der Waals surface area contributed by atoms with Crippen molar-refractivity contribution in [1.82, 2.24) is 10.2 Å². The second-order valence-electron chi connectivity index (χ2n) is 6.55. The van der Waals surface area contributed by atoms with Gasteiger partial charge in [-0.3, -0.25) is 4.90 Å². The molecule has 3 rings (SSSR count). The van der Waals surface area contributed by atoms with Crippen LogP contribution in [0.1, 0.15) is 39.5 Å². The van der Waals surface area contributed by atoms with Gasteiger partial charge in [0.05, 0.1) is 0 Å². The van der Waals surface area contributed by atoms with Crippen LogP contribution >= 0.6 is 0 Å². The molecule has 0 saturated heterocycles. The predicted octanol–water partition coefficient (Wildman–Crippen LogP) is 2.66. The van der Waals surface area contributed by atoms with E-state index in [2.05, 4.69) is 36.2 Å². The van der Waals surface area contributed by atoms with E-state index in [1.165, 1.54) is 45.3 Å². The molecule has 2 bridgehead atoms. The van der Waals surface area contributed by atoms with Gasteiger partial charge in [-0.15, -0.1) is 0 Å². The average molecular weight is 248 g/mol. The minimum absolute atomic E-state index is 0.697. The third kappa shape index (κ3) is 2.65. The molecule has 0 aliphatic heterocycles. The van der Waals surface area contributed by atoms with Crippen LogP contribution in [0.25, 0.3) is 0 Å². The Labute approximate surface area is 112 Å². The molecule has 18 heavy (non-hydrogen) atoms. The molecule has 0 aromatic carbocycles. The van der Waals surface area contributed by atoms with E-state index in [0.29, 0.717) is 6.04 Å².